The molecule has 8 nitrogen and oxygen atoms in total. The Bertz CT molecular complexity index is 1050. The van der Waals surface area contributed by atoms with Crippen molar-refractivity contribution >= 4 is 33.9 Å². The molecule has 1 aliphatic heterocycles. The van der Waals surface area contributed by atoms with Crippen molar-refractivity contribution in [2.45, 2.75) is 5.92 Å². The number of carbonyl (C=O) groups is 1. The van der Waals surface area contributed by atoms with Gasteiger partial charge in [-0.05, 0) is 12.1 Å². The summed E-state index contributed by atoms with van der Waals surface area (Å²) in [6, 6.07) is 5.14. The second kappa shape index (κ2) is 8.28. The van der Waals surface area contributed by atoms with Crippen molar-refractivity contribution in [1.82, 2.24) is 20.3 Å². The average Bonchev–Trinajstić information content (AvgIpc) is 3.19. The lowest BCUT2D eigenvalue weighted by Crippen LogP contribution is -2.56. The van der Waals surface area contributed by atoms with Gasteiger partial charge in [-0.25, -0.2) is 18.7 Å². The van der Waals surface area contributed by atoms with Gasteiger partial charge in [0.1, 0.15) is 5.82 Å². The molecule has 3 aromatic heterocycles. The summed E-state index contributed by atoms with van der Waals surface area (Å²) in [6.07, 6.45) is 6.38. The molecule has 3 aromatic rings. The van der Waals surface area contributed by atoms with Gasteiger partial charge in [-0.1, -0.05) is 11.3 Å². The molecule has 0 atom stereocenters. The van der Waals surface area contributed by atoms with E-state index in [-0.39, 0.29) is 19.0 Å². The Morgan fingerprint density at radius 2 is 2.07 bits per heavy atom. The van der Waals surface area contributed by atoms with E-state index >= 15 is 0 Å². The van der Waals surface area contributed by atoms with Crippen molar-refractivity contribution < 1.29 is 13.6 Å². The number of amides is 1. The van der Waals surface area contributed by atoms with Crippen LogP contribution in [-0.4, -0.2) is 53.0 Å². The highest BCUT2D eigenvalue weighted by atomic mass is 32.1. The molecule has 0 radical (unpaired) electrons. The highest BCUT2D eigenvalue weighted by Crippen LogP contribution is 2.34. The van der Waals surface area contributed by atoms with E-state index in [9.17, 15) is 13.6 Å². The first kappa shape index (κ1) is 20.1. The lowest BCUT2D eigenvalue weighted by molar-refractivity contribution is -0.0262. The molecule has 11 heteroatoms. The van der Waals surface area contributed by atoms with Gasteiger partial charge in [-0.3, -0.25) is 9.78 Å². The van der Waals surface area contributed by atoms with E-state index in [0.29, 0.717) is 35.3 Å². The number of pyridine rings is 2. The van der Waals surface area contributed by atoms with Crippen LogP contribution in [0, 0.1) is 0 Å². The Labute approximate surface area is 175 Å². The Morgan fingerprint density at radius 3 is 2.83 bits per heavy atom. The molecule has 156 valence electrons. The smallest absolute Gasteiger partial charge is 0.282 e. The summed E-state index contributed by atoms with van der Waals surface area (Å²) in [6.45, 7) is 0.164. The molecule has 1 fully saturated rings. The van der Waals surface area contributed by atoms with Crippen LogP contribution >= 0.6 is 11.3 Å². The molecule has 1 amide bonds. The average molecular weight is 431 g/mol. The molecule has 1 aliphatic rings. The summed E-state index contributed by atoms with van der Waals surface area (Å²) in [4.78, 5) is 27.2. The van der Waals surface area contributed by atoms with E-state index in [1.54, 1.807) is 41.7 Å². The summed E-state index contributed by atoms with van der Waals surface area (Å²) < 4.78 is 26.2. The van der Waals surface area contributed by atoms with E-state index < -0.39 is 5.92 Å². The van der Waals surface area contributed by atoms with Crippen LogP contribution in [0.3, 0.4) is 0 Å². The van der Waals surface area contributed by atoms with E-state index in [1.165, 1.54) is 17.5 Å². The number of thiazole rings is 1. The highest BCUT2D eigenvalue weighted by molar-refractivity contribution is 7.18. The largest absolute Gasteiger partial charge is 0.359 e. The van der Waals surface area contributed by atoms with Crippen LogP contribution in [0.1, 0.15) is 10.4 Å². The number of aromatic nitrogens is 3. The number of hydrogen-bond donors (Lipinski definition) is 3. The van der Waals surface area contributed by atoms with Gasteiger partial charge in [0.25, 0.3) is 11.8 Å². The maximum atomic E-state index is 13.1. The minimum Gasteiger partial charge on any atom is -0.359 e. The van der Waals surface area contributed by atoms with Gasteiger partial charge < -0.3 is 21.3 Å². The minimum absolute atomic E-state index is 0.241. The Morgan fingerprint density at radius 1 is 1.23 bits per heavy atom. The zero-order valence-corrected chi connectivity index (χ0v) is 16.6. The van der Waals surface area contributed by atoms with Crippen molar-refractivity contribution in [3.63, 3.8) is 0 Å². The van der Waals surface area contributed by atoms with Crippen LogP contribution in [-0.2, 0) is 0 Å². The number of hydrogen-bond acceptors (Lipinski definition) is 8. The number of halogens is 2. The van der Waals surface area contributed by atoms with Gasteiger partial charge in [0.15, 0.2) is 5.13 Å². The van der Waals surface area contributed by atoms with E-state index in [2.05, 4.69) is 25.6 Å². The van der Waals surface area contributed by atoms with E-state index in [0.717, 1.165) is 10.4 Å². The molecule has 0 unspecified atom stereocenters. The molecule has 0 saturated carbocycles. The lowest BCUT2D eigenvalue weighted by atomic mass is 10.1. The number of alkyl halides is 2. The van der Waals surface area contributed by atoms with Crippen molar-refractivity contribution in [2.75, 3.05) is 36.4 Å². The monoisotopic (exact) mass is 431 g/mol. The standard InChI is InChI=1S/C19H19F2N7OS/c20-19(21)10-28(11-19)14-1-3-24-16(6-14)27-18-26-9-15(30-18)12-5-13(8-23-7-12)17(29)25-4-2-22/h1,3,5-9H,2,4,10-11,22H2,(H,25,29)(H,24,26,27). The molecular formula is C19H19F2N7OS. The molecule has 4 rings (SSSR count). The predicted octanol–water partition coefficient (Wildman–Crippen LogP) is 2.49. The van der Waals surface area contributed by atoms with Crippen LogP contribution < -0.4 is 21.3 Å². The second-order valence-corrected chi connectivity index (χ2v) is 7.80. The fraction of sp³-hybridized carbons (Fsp3) is 0.263. The third-order valence-corrected chi connectivity index (χ3v) is 5.37. The van der Waals surface area contributed by atoms with Crippen LogP contribution in [0.25, 0.3) is 10.4 Å². The Hall–Kier alpha value is -3.18. The second-order valence-electron chi connectivity index (χ2n) is 6.77. The fourth-order valence-electron chi connectivity index (χ4n) is 2.94. The number of nitrogens with one attached hydrogen (secondary N) is 2. The molecule has 4 N–H and O–H groups in total. The highest BCUT2D eigenvalue weighted by Gasteiger charge is 2.43. The maximum absolute atomic E-state index is 13.1. The first-order valence-electron chi connectivity index (χ1n) is 9.19. The van der Waals surface area contributed by atoms with Crippen molar-refractivity contribution in [2.24, 2.45) is 5.73 Å². The molecular weight excluding hydrogens is 412 g/mol. The fourth-order valence-corrected chi connectivity index (χ4v) is 3.74. The van der Waals surface area contributed by atoms with Gasteiger partial charge in [0, 0.05) is 55.2 Å². The number of carbonyl (C=O) groups excluding carboxylic acids is 1. The maximum Gasteiger partial charge on any atom is 0.282 e. The summed E-state index contributed by atoms with van der Waals surface area (Å²) >= 11 is 1.37. The quantitative estimate of drug-likeness (QED) is 0.527. The zero-order valence-electron chi connectivity index (χ0n) is 15.8. The number of nitrogens with zero attached hydrogens (tertiary/aromatic N) is 4. The molecule has 1 saturated heterocycles. The van der Waals surface area contributed by atoms with Gasteiger partial charge in [-0.15, -0.1) is 0 Å². The Kier molecular flexibility index (Phi) is 5.55. The molecule has 0 bridgehead atoms. The Balaban J connectivity index is 1.46. The summed E-state index contributed by atoms with van der Waals surface area (Å²) in [7, 11) is 0. The van der Waals surface area contributed by atoms with Crippen molar-refractivity contribution in [1.29, 1.82) is 0 Å². The van der Waals surface area contributed by atoms with E-state index in [4.69, 9.17) is 5.73 Å². The first-order valence-corrected chi connectivity index (χ1v) is 10.0. The van der Waals surface area contributed by atoms with Crippen molar-refractivity contribution in [3.05, 3.63) is 48.5 Å². The zero-order chi connectivity index (χ0) is 21.1. The summed E-state index contributed by atoms with van der Waals surface area (Å²) in [5, 5.41) is 6.38. The number of rotatable bonds is 7. The molecule has 0 aromatic carbocycles. The number of anilines is 3. The van der Waals surface area contributed by atoms with Gasteiger partial charge in [-0.2, -0.15) is 0 Å². The van der Waals surface area contributed by atoms with Crippen LogP contribution in [0.4, 0.5) is 25.4 Å². The topological polar surface area (TPSA) is 109 Å². The van der Waals surface area contributed by atoms with Gasteiger partial charge in [0.2, 0.25) is 0 Å². The third kappa shape index (κ3) is 4.52. The summed E-state index contributed by atoms with van der Waals surface area (Å²) in [5.74, 6) is -2.36. The van der Waals surface area contributed by atoms with Gasteiger partial charge >= 0.3 is 0 Å². The lowest BCUT2D eigenvalue weighted by Gasteiger charge is -2.40. The van der Waals surface area contributed by atoms with Gasteiger partial charge in [0.05, 0.1) is 23.5 Å². The number of nitrogens with two attached hydrogens (primary N) is 1. The van der Waals surface area contributed by atoms with E-state index in [1.807, 2.05) is 0 Å². The molecule has 0 spiro atoms. The first-order chi connectivity index (χ1) is 14.4. The van der Waals surface area contributed by atoms with Crippen LogP contribution in [0.5, 0.6) is 0 Å². The SMILES string of the molecule is NCCNC(=O)c1cncc(-c2cnc(Nc3cc(N4CC(F)(F)C4)ccn3)s2)c1. The molecule has 30 heavy (non-hydrogen) atoms. The van der Waals surface area contributed by atoms with Crippen molar-refractivity contribution in [3.8, 4) is 10.4 Å². The van der Waals surface area contributed by atoms with Crippen LogP contribution in [0.15, 0.2) is 43.0 Å². The van der Waals surface area contributed by atoms with Crippen LogP contribution in [0.2, 0.25) is 0 Å². The molecule has 0 aliphatic carbocycles. The summed E-state index contributed by atoms with van der Waals surface area (Å²) in [5.41, 5.74) is 7.27. The predicted molar refractivity (Wildman–Crippen MR) is 111 cm³/mol. The minimum atomic E-state index is -2.63. The normalized spacial score (nSPS) is 14.8. The molecule has 4 heterocycles. The third-order valence-electron chi connectivity index (χ3n) is 4.41.